The lowest BCUT2D eigenvalue weighted by molar-refractivity contribution is -0.137. The molecule has 3 amide bonds. The van der Waals surface area contributed by atoms with Crippen LogP contribution in [0.3, 0.4) is 0 Å². The van der Waals surface area contributed by atoms with E-state index < -0.39 is 16.3 Å². The number of alkyl halides is 2. The van der Waals surface area contributed by atoms with Crippen molar-refractivity contribution in [2.45, 2.75) is 29.6 Å². The molecule has 2 aliphatic rings. The highest BCUT2D eigenvalue weighted by atomic mass is 35.5. The molecule has 1 saturated carbocycles. The highest BCUT2D eigenvalue weighted by Crippen LogP contribution is 2.52. The highest BCUT2D eigenvalue weighted by molar-refractivity contribution is 6.50. The van der Waals surface area contributed by atoms with Gasteiger partial charge in [0.15, 0.2) is 0 Å². The van der Waals surface area contributed by atoms with E-state index in [1.54, 1.807) is 0 Å². The summed E-state index contributed by atoms with van der Waals surface area (Å²) in [4.78, 5) is 41.9. The van der Waals surface area contributed by atoms with Crippen LogP contribution in [0.2, 0.25) is 0 Å². The largest absolute Gasteiger partial charge is 0.374 e. The summed E-state index contributed by atoms with van der Waals surface area (Å²) in [5, 5.41) is 13.5. The summed E-state index contributed by atoms with van der Waals surface area (Å²) in [6, 6.07) is 0.929. The summed E-state index contributed by atoms with van der Waals surface area (Å²) in [5.74, 6) is -1.33. The maximum Gasteiger partial charge on any atom is 0.267 e. The Morgan fingerprint density at radius 2 is 2.10 bits per heavy atom. The Hall–Kier alpha value is -2.39. The first-order valence-corrected chi connectivity index (χ1v) is 9.98. The third-order valence-electron chi connectivity index (χ3n) is 5.12. The molecule has 9 nitrogen and oxygen atoms in total. The van der Waals surface area contributed by atoms with E-state index in [0.29, 0.717) is 31.6 Å². The number of primary amides is 1. The molecular formula is C18H22Cl2N6O3. The van der Waals surface area contributed by atoms with Crippen LogP contribution in [0, 0.1) is 11.3 Å². The number of anilines is 1. The number of carbonyl (C=O) groups is 3. The molecule has 1 saturated heterocycles. The van der Waals surface area contributed by atoms with Crippen molar-refractivity contribution < 1.29 is 14.4 Å². The number of nitrogens with two attached hydrogens (primary N) is 1. The number of likely N-dealkylation sites (tertiary alicyclic amines) is 1. The molecule has 0 aromatic carbocycles. The van der Waals surface area contributed by atoms with Crippen LogP contribution in [-0.2, 0) is 14.4 Å². The molecule has 29 heavy (non-hydrogen) atoms. The molecule has 0 radical (unpaired) electrons. The van der Waals surface area contributed by atoms with E-state index in [4.69, 9.17) is 34.3 Å². The first-order chi connectivity index (χ1) is 13.7. The summed E-state index contributed by atoms with van der Waals surface area (Å²) in [6.45, 7) is 0.758. The normalized spacial score (nSPS) is 22.1. The molecule has 0 spiro atoms. The molecule has 2 atom stereocenters. The number of carbonyl (C=O) groups excluding carboxylic acids is 3. The molecule has 156 valence electrons. The molecule has 5 N–H and O–H groups in total. The standard InChI is InChI=1S/C18H22Cl2N6O3/c19-18(20)6-10(18)7-25-17(29)13-2-1-5-26(13)14(27)9-24-12-8-23-4-3-11(12)15(21)16(22)28/h3-4,8,10,13,21,24H,1-2,5-7,9H2,(H2,22,28)(H,25,29)/t10-,13-/m0/s1. The van der Waals surface area contributed by atoms with Crippen molar-refractivity contribution in [1.29, 1.82) is 5.41 Å². The summed E-state index contributed by atoms with van der Waals surface area (Å²) in [5.41, 5.74) is 5.39. The number of hydrogen-bond donors (Lipinski definition) is 4. The molecule has 2 heterocycles. The predicted molar refractivity (Wildman–Crippen MR) is 109 cm³/mol. The van der Waals surface area contributed by atoms with E-state index in [2.05, 4.69) is 15.6 Å². The van der Waals surface area contributed by atoms with Gasteiger partial charge in [-0.15, -0.1) is 23.2 Å². The molecule has 1 aliphatic heterocycles. The fourth-order valence-corrected chi connectivity index (χ4v) is 3.86. The number of nitrogens with zero attached hydrogens (tertiary/aromatic N) is 2. The molecule has 11 heteroatoms. The van der Waals surface area contributed by atoms with Gasteiger partial charge in [-0.1, -0.05) is 0 Å². The van der Waals surface area contributed by atoms with E-state index in [9.17, 15) is 14.4 Å². The topological polar surface area (TPSA) is 141 Å². The van der Waals surface area contributed by atoms with Gasteiger partial charge in [0, 0.05) is 30.8 Å². The van der Waals surface area contributed by atoms with Crippen LogP contribution in [0.1, 0.15) is 24.8 Å². The summed E-state index contributed by atoms with van der Waals surface area (Å²) in [7, 11) is 0. The van der Waals surface area contributed by atoms with Crippen molar-refractivity contribution in [3.05, 3.63) is 24.0 Å². The first kappa shape index (κ1) is 21.3. The second-order valence-electron chi connectivity index (χ2n) is 7.17. The maximum absolute atomic E-state index is 12.7. The minimum atomic E-state index is -0.879. The fraction of sp³-hybridized carbons (Fsp3) is 0.500. The van der Waals surface area contributed by atoms with E-state index in [1.807, 2.05) is 0 Å². The van der Waals surface area contributed by atoms with Crippen molar-refractivity contribution >= 4 is 52.3 Å². The van der Waals surface area contributed by atoms with Gasteiger partial charge in [0.1, 0.15) is 16.1 Å². The van der Waals surface area contributed by atoms with Crippen molar-refractivity contribution in [3.8, 4) is 0 Å². The zero-order valence-corrected chi connectivity index (χ0v) is 17.1. The lowest BCUT2D eigenvalue weighted by Gasteiger charge is -2.24. The van der Waals surface area contributed by atoms with Gasteiger partial charge in [0.05, 0.1) is 18.4 Å². The van der Waals surface area contributed by atoms with Crippen molar-refractivity contribution in [2.75, 3.05) is 25.0 Å². The third kappa shape index (κ3) is 4.97. The number of pyridine rings is 1. The number of hydrogen-bond acceptors (Lipinski definition) is 6. The van der Waals surface area contributed by atoms with Crippen LogP contribution in [0.4, 0.5) is 5.69 Å². The Morgan fingerprint density at radius 3 is 2.76 bits per heavy atom. The van der Waals surface area contributed by atoms with Gasteiger partial charge in [-0.2, -0.15) is 0 Å². The van der Waals surface area contributed by atoms with Crippen LogP contribution < -0.4 is 16.4 Å². The maximum atomic E-state index is 12.7. The summed E-state index contributed by atoms with van der Waals surface area (Å²) in [6.07, 6.45) is 4.79. The molecule has 0 bridgehead atoms. The van der Waals surface area contributed by atoms with Gasteiger partial charge >= 0.3 is 0 Å². The van der Waals surface area contributed by atoms with Crippen molar-refractivity contribution in [3.63, 3.8) is 0 Å². The molecule has 0 unspecified atom stereocenters. The fourth-order valence-electron chi connectivity index (χ4n) is 3.33. The molecule has 2 fully saturated rings. The predicted octanol–water partition coefficient (Wildman–Crippen LogP) is 0.648. The van der Waals surface area contributed by atoms with Gasteiger partial charge < -0.3 is 21.3 Å². The number of rotatable bonds is 8. The molecule has 1 aliphatic carbocycles. The Kier molecular flexibility index (Phi) is 6.28. The van der Waals surface area contributed by atoms with E-state index in [0.717, 1.165) is 6.42 Å². The Balaban J connectivity index is 1.57. The number of halogens is 2. The zero-order chi connectivity index (χ0) is 21.2. The van der Waals surface area contributed by atoms with Crippen LogP contribution in [0.15, 0.2) is 18.5 Å². The van der Waals surface area contributed by atoms with Gasteiger partial charge in [-0.3, -0.25) is 24.8 Å². The minimum Gasteiger partial charge on any atom is -0.374 e. The molecule has 1 aromatic heterocycles. The molecular weight excluding hydrogens is 419 g/mol. The van der Waals surface area contributed by atoms with Gasteiger partial charge in [-0.25, -0.2) is 0 Å². The van der Waals surface area contributed by atoms with E-state index in [1.165, 1.54) is 23.4 Å². The average molecular weight is 441 g/mol. The summed E-state index contributed by atoms with van der Waals surface area (Å²) < 4.78 is -0.761. The summed E-state index contributed by atoms with van der Waals surface area (Å²) >= 11 is 12.0. The Labute approximate surface area is 177 Å². The number of aromatic nitrogens is 1. The van der Waals surface area contributed by atoms with Crippen LogP contribution in [0.25, 0.3) is 0 Å². The van der Waals surface area contributed by atoms with E-state index >= 15 is 0 Å². The van der Waals surface area contributed by atoms with Crippen LogP contribution in [-0.4, -0.2) is 63.3 Å². The van der Waals surface area contributed by atoms with Crippen molar-refractivity contribution in [2.24, 2.45) is 11.7 Å². The van der Waals surface area contributed by atoms with Crippen molar-refractivity contribution in [1.82, 2.24) is 15.2 Å². The Morgan fingerprint density at radius 1 is 1.38 bits per heavy atom. The number of nitrogens with one attached hydrogen (secondary N) is 3. The van der Waals surface area contributed by atoms with E-state index in [-0.39, 0.29) is 35.6 Å². The van der Waals surface area contributed by atoms with Crippen LogP contribution >= 0.6 is 23.2 Å². The quantitative estimate of drug-likeness (QED) is 0.346. The average Bonchev–Trinajstić information content (AvgIpc) is 3.07. The SMILES string of the molecule is N=C(C(N)=O)c1ccncc1NCC(=O)N1CCC[C@H]1C(=O)NC[C@@H]1CC1(Cl)Cl. The van der Waals surface area contributed by atoms with Crippen LogP contribution in [0.5, 0.6) is 0 Å². The van der Waals surface area contributed by atoms with Gasteiger partial charge in [-0.05, 0) is 25.3 Å². The van der Waals surface area contributed by atoms with Gasteiger partial charge in [0.2, 0.25) is 11.8 Å². The second-order valence-corrected chi connectivity index (χ2v) is 8.71. The number of amides is 3. The minimum absolute atomic E-state index is 0.0339. The molecule has 3 rings (SSSR count). The second kappa shape index (κ2) is 8.54. The smallest absolute Gasteiger partial charge is 0.267 e. The zero-order valence-electron chi connectivity index (χ0n) is 15.6. The van der Waals surface area contributed by atoms with Gasteiger partial charge in [0.25, 0.3) is 5.91 Å². The monoisotopic (exact) mass is 440 g/mol. The first-order valence-electron chi connectivity index (χ1n) is 9.22. The lowest BCUT2D eigenvalue weighted by atomic mass is 10.1. The Bertz CT molecular complexity index is 847. The lowest BCUT2D eigenvalue weighted by Crippen LogP contribution is -2.48. The third-order valence-corrected chi connectivity index (χ3v) is 6.05. The highest BCUT2D eigenvalue weighted by Gasteiger charge is 2.51. The molecule has 1 aromatic rings.